The van der Waals surface area contributed by atoms with E-state index in [0.29, 0.717) is 22.7 Å². The highest BCUT2D eigenvalue weighted by molar-refractivity contribution is 6.36. The minimum atomic E-state index is -0.204. The van der Waals surface area contributed by atoms with Crippen LogP contribution in [0.4, 0.5) is 5.69 Å². The third kappa shape index (κ3) is 2.47. The zero-order valence-electron chi connectivity index (χ0n) is 13.8. The standard InChI is InChI=1S/C20H15ClN2O3/c21-19-13-2-1-3-15(13)23-16-8-11(4-6-14(16)19)20(24)22-12-5-7-17-18(9-12)26-10-25-17/h4-9H,1-3,10H2,(H,22,24). The molecule has 0 radical (unpaired) electrons. The maximum absolute atomic E-state index is 12.6. The van der Waals surface area contributed by atoms with E-state index < -0.39 is 0 Å². The van der Waals surface area contributed by atoms with Crippen molar-refractivity contribution in [3.05, 3.63) is 58.2 Å². The first-order valence-corrected chi connectivity index (χ1v) is 8.89. The quantitative estimate of drug-likeness (QED) is 0.732. The van der Waals surface area contributed by atoms with Crippen LogP contribution in [0.15, 0.2) is 36.4 Å². The summed E-state index contributed by atoms with van der Waals surface area (Å²) in [7, 11) is 0. The number of benzene rings is 2. The van der Waals surface area contributed by atoms with Crippen molar-refractivity contribution in [2.24, 2.45) is 0 Å². The number of hydrogen-bond acceptors (Lipinski definition) is 4. The van der Waals surface area contributed by atoms with Crippen molar-refractivity contribution >= 4 is 34.1 Å². The molecule has 6 heteroatoms. The first-order chi connectivity index (χ1) is 12.7. The van der Waals surface area contributed by atoms with Crippen LogP contribution in [0.3, 0.4) is 0 Å². The molecule has 1 amide bonds. The van der Waals surface area contributed by atoms with E-state index in [1.807, 2.05) is 6.07 Å². The van der Waals surface area contributed by atoms with Crippen molar-refractivity contribution in [1.82, 2.24) is 4.98 Å². The van der Waals surface area contributed by atoms with Gasteiger partial charge in [0.1, 0.15) is 0 Å². The fourth-order valence-electron chi connectivity index (χ4n) is 3.52. The van der Waals surface area contributed by atoms with Crippen LogP contribution >= 0.6 is 11.6 Å². The van der Waals surface area contributed by atoms with Gasteiger partial charge in [-0.15, -0.1) is 0 Å². The maximum Gasteiger partial charge on any atom is 0.255 e. The Morgan fingerprint density at radius 1 is 1.08 bits per heavy atom. The van der Waals surface area contributed by atoms with Gasteiger partial charge in [-0.3, -0.25) is 9.78 Å². The van der Waals surface area contributed by atoms with E-state index in [1.165, 1.54) is 0 Å². The lowest BCUT2D eigenvalue weighted by Gasteiger charge is -2.09. The average molecular weight is 367 g/mol. The highest BCUT2D eigenvalue weighted by Crippen LogP contribution is 2.35. The molecule has 130 valence electrons. The Morgan fingerprint density at radius 3 is 2.88 bits per heavy atom. The predicted octanol–water partition coefficient (Wildman–Crippen LogP) is 4.36. The molecular weight excluding hydrogens is 352 g/mol. The van der Waals surface area contributed by atoms with Crippen LogP contribution in [0.5, 0.6) is 11.5 Å². The number of amides is 1. The van der Waals surface area contributed by atoms with Crippen molar-refractivity contribution in [2.45, 2.75) is 19.3 Å². The number of aromatic nitrogens is 1. The first kappa shape index (κ1) is 15.5. The second kappa shape index (κ2) is 5.88. The number of aryl methyl sites for hydroxylation is 1. The Labute approximate surface area is 154 Å². The number of carbonyl (C=O) groups excluding carboxylic acids is 1. The predicted molar refractivity (Wildman–Crippen MR) is 99.3 cm³/mol. The second-order valence-electron chi connectivity index (χ2n) is 6.46. The van der Waals surface area contributed by atoms with Gasteiger partial charge in [-0.25, -0.2) is 0 Å². The summed E-state index contributed by atoms with van der Waals surface area (Å²) in [6.45, 7) is 0.203. The molecular formula is C20H15ClN2O3. The van der Waals surface area contributed by atoms with Crippen LogP contribution in [0, 0.1) is 0 Å². The van der Waals surface area contributed by atoms with Crippen molar-refractivity contribution in [2.75, 3.05) is 12.1 Å². The Balaban J connectivity index is 1.47. The summed E-state index contributed by atoms with van der Waals surface area (Å²) < 4.78 is 10.6. The van der Waals surface area contributed by atoms with Gasteiger partial charge in [0.15, 0.2) is 11.5 Å². The number of pyridine rings is 1. The normalized spacial score (nSPS) is 14.5. The smallest absolute Gasteiger partial charge is 0.255 e. The Bertz CT molecular complexity index is 1060. The molecule has 2 heterocycles. The lowest BCUT2D eigenvalue weighted by Crippen LogP contribution is -2.12. The first-order valence-electron chi connectivity index (χ1n) is 8.51. The van der Waals surface area contributed by atoms with Crippen molar-refractivity contribution in [1.29, 1.82) is 0 Å². The van der Waals surface area contributed by atoms with Crippen LogP contribution in [0.1, 0.15) is 28.0 Å². The Kier molecular flexibility index (Phi) is 3.50. The molecule has 0 saturated heterocycles. The number of ether oxygens (including phenoxy) is 2. The van der Waals surface area contributed by atoms with Gasteiger partial charge in [-0.2, -0.15) is 0 Å². The minimum absolute atomic E-state index is 0.203. The number of hydrogen-bond donors (Lipinski definition) is 1. The lowest BCUT2D eigenvalue weighted by molar-refractivity contribution is 0.102. The summed E-state index contributed by atoms with van der Waals surface area (Å²) in [5, 5.41) is 4.55. The summed E-state index contributed by atoms with van der Waals surface area (Å²) >= 11 is 6.54. The molecule has 5 nitrogen and oxygen atoms in total. The molecule has 0 unspecified atom stereocenters. The molecule has 1 aliphatic heterocycles. The highest BCUT2D eigenvalue weighted by Gasteiger charge is 2.19. The van der Waals surface area contributed by atoms with Crippen molar-refractivity contribution < 1.29 is 14.3 Å². The monoisotopic (exact) mass is 366 g/mol. The molecule has 0 fully saturated rings. The molecule has 0 spiro atoms. The SMILES string of the molecule is O=C(Nc1ccc2c(c1)OCO2)c1ccc2c(Cl)c3c(nc2c1)CCC3. The Morgan fingerprint density at radius 2 is 1.96 bits per heavy atom. The number of nitrogens with one attached hydrogen (secondary N) is 1. The Hall–Kier alpha value is -2.79. The van der Waals surface area contributed by atoms with Crippen LogP contribution in [0.25, 0.3) is 10.9 Å². The summed E-state index contributed by atoms with van der Waals surface area (Å²) in [5.74, 6) is 1.11. The van der Waals surface area contributed by atoms with Gasteiger partial charge < -0.3 is 14.8 Å². The molecule has 3 aromatic rings. The number of rotatable bonds is 2. The summed E-state index contributed by atoms with van der Waals surface area (Å²) in [4.78, 5) is 17.3. The third-order valence-electron chi connectivity index (χ3n) is 4.84. The van der Waals surface area contributed by atoms with E-state index in [0.717, 1.165) is 46.4 Å². The topological polar surface area (TPSA) is 60.5 Å². The third-order valence-corrected chi connectivity index (χ3v) is 5.27. The van der Waals surface area contributed by atoms with E-state index in [-0.39, 0.29) is 12.7 Å². The molecule has 0 atom stereocenters. The molecule has 5 rings (SSSR count). The van der Waals surface area contributed by atoms with Crippen molar-refractivity contribution in [3.63, 3.8) is 0 Å². The van der Waals surface area contributed by atoms with Gasteiger partial charge in [0.25, 0.3) is 5.91 Å². The molecule has 1 N–H and O–H groups in total. The minimum Gasteiger partial charge on any atom is -0.454 e. The molecule has 26 heavy (non-hydrogen) atoms. The molecule has 1 aromatic heterocycles. The number of halogens is 1. The van der Waals surface area contributed by atoms with Crippen LogP contribution in [0.2, 0.25) is 5.02 Å². The maximum atomic E-state index is 12.6. The van der Waals surface area contributed by atoms with Crippen molar-refractivity contribution in [3.8, 4) is 11.5 Å². The van der Waals surface area contributed by atoms with E-state index >= 15 is 0 Å². The van der Waals surface area contributed by atoms with Gasteiger partial charge >= 0.3 is 0 Å². The van der Waals surface area contributed by atoms with Crippen LogP contribution < -0.4 is 14.8 Å². The van der Waals surface area contributed by atoms with Gasteiger partial charge in [-0.1, -0.05) is 17.7 Å². The summed E-state index contributed by atoms with van der Waals surface area (Å²) in [6.07, 6.45) is 3.00. The summed E-state index contributed by atoms with van der Waals surface area (Å²) in [6, 6.07) is 10.8. The second-order valence-corrected chi connectivity index (χ2v) is 6.84. The van der Waals surface area contributed by atoms with Crippen LogP contribution in [-0.2, 0) is 12.8 Å². The summed E-state index contributed by atoms with van der Waals surface area (Å²) in [5.41, 5.74) is 4.15. The van der Waals surface area contributed by atoms with Gasteiger partial charge in [-0.05, 0) is 49.1 Å². The number of fused-ring (bicyclic) bond motifs is 3. The zero-order valence-corrected chi connectivity index (χ0v) is 14.6. The lowest BCUT2D eigenvalue weighted by atomic mass is 10.1. The molecule has 0 saturated carbocycles. The van der Waals surface area contributed by atoms with E-state index in [4.69, 9.17) is 26.1 Å². The number of nitrogens with zero attached hydrogens (tertiary/aromatic N) is 1. The molecule has 2 aliphatic rings. The van der Waals surface area contributed by atoms with Crippen LogP contribution in [-0.4, -0.2) is 17.7 Å². The average Bonchev–Trinajstić information content (AvgIpc) is 3.30. The van der Waals surface area contributed by atoms with E-state index in [9.17, 15) is 4.79 Å². The van der Waals surface area contributed by atoms with E-state index in [2.05, 4.69) is 5.32 Å². The zero-order chi connectivity index (χ0) is 17.7. The molecule has 2 aromatic carbocycles. The van der Waals surface area contributed by atoms with Gasteiger partial charge in [0.05, 0.1) is 10.5 Å². The van der Waals surface area contributed by atoms with E-state index in [1.54, 1.807) is 30.3 Å². The van der Waals surface area contributed by atoms with Gasteiger partial charge in [0.2, 0.25) is 6.79 Å². The largest absolute Gasteiger partial charge is 0.454 e. The number of carbonyl (C=O) groups is 1. The fourth-order valence-corrected chi connectivity index (χ4v) is 3.89. The molecule has 1 aliphatic carbocycles. The fraction of sp³-hybridized carbons (Fsp3) is 0.200. The van der Waals surface area contributed by atoms with Gasteiger partial charge in [0, 0.05) is 28.4 Å². The highest BCUT2D eigenvalue weighted by atomic mass is 35.5. The molecule has 0 bridgehead atoms. The number of anilines is 1.